The lowest BCUT2D eigenvalue weighted by Gasteiger charge is -2.41. The number of nitrogens with zero attached hydrogens (tertiary/aromatic N) is 4. The van der Waals surface area contributed by atoms with Gasteiger partial charge in [0.15, 0.2) is 11.6 Å². The van der Waals surface area contributed by atoms with Gasteiger partial charge in [-0.3, -0.25) is 5.32 Å². The molecule has 1 aromatic carbocycles. The first-order valence-corrected chi connectivity index (χ1v) is 14.6. The van der Waals surface area contributed by atoms with E-state index < -0.39 is 27.7 Å². The summed E-state index contributed by atoms with van der Waals surface area (Å²) in [6.45, 7) is 4.29. The zero-order chi connectivity index (χ0) is 27.6. The molecule has 2 aliphatic rings. The van der Waals surface area contributed by atoms with Crippen molar-refractivity contribution in [2.45, 2.75) is 46.7 Å². The molecule has 14 heteroatoms. The number of halogens is 1. The maximum Gasteiger partial charge on any atom is 0.334 e. The van der Waals surface area contributed by atoms with Crippen LogP contribution in [0.15, 0.2) is 69.8 Å². The predicted octanol–water partition coefficient (Wildman–Crippen LogP) is 3.00. The summed E-state index contributed by atoms with van der Waals surface area (Å²) in [6.07, 6.45) is 6.39. The Morgan fingerprint density at radius 1 is 1.15 bits per heavy atom. The smallest absolute Gasteiger partial charge is 0.334 e. The molecule has 4 N–H and O–H groups in total. The molecule has 2 aliphatic heterocycles. The number of rotatable bonds is 6. The van der Waals surface area contributed by atoms with Gasteiger partial charge in [0.2, 0.25) is 0 Å². The quantitative estimate of drug-likeness (QED) is 0.401. The van der Waals surface area contributed by atoms with E-state index in [1.165, 1.54) is 36.5 Å². The van der Waals surface area contributed by atoms with Crippen molar-refractivity contribution in [1.29, 1.82) is 0 Å². The fourth-order valence-electron chi connectivity index (χ4n) is 4.80. The Hall–Kier alpha value is -3.33. The molecule has 4 heterocycles. The van der Waals surface area contributed by atoms with E-state index in [0.29, 0.717) is 11.6 Å². The summed E-state index contributed by atoms with van der Waals surface area (Å²) in [5.41, 5.74) is 6.41. The van der Waals surface area contributed by atoms with Crippen molar-refractivity contribution in [3.8, 4) is 0 Å². The van der Waals surface area contributed by atoms with Gasteiger partial charge in [0.25, 0.3) is 10.0 Å². The number of hydrogen-bond acceptors (Lipinski definition) is 10. The molecule has 1 spiro atoms. The van der Waals surface area contributed by atoms with E-state index in [-0.39, 0.29) is 27.4 Å². The van der Waals surface area contributed by atoms with Gasteiger partial charge in [0.05, 0.1) is 34.9 Å². The van der Waals surface area contributed by atoms with E-state index in [2.05, 4.69) is 25.2 Å². The van der Waals surface area contributed by atoms with Crippen molar-refractivity contribution < 1.29 is 22.3 Å². The van der Waals surface area contributed by atoms with Crippen molar-refractivity contribution in [3.05, 3.63) is 60.8 Å². The summed E-state index contributed by atoms with van der Waals surface area (Å²) < 4.78 is 47.4. The molecule has 2 amide bonds. The van der Waals surface area contributed by atoms with Crippen LogP contribution in [-0.4, -0.2) is 61.2 Å². The van der Waals surface area contributed by atoms with Crippen LogP contribution in [0.4, 0.5) is 20.8 Å². The molecule has 0 unspecified atom stereocenters. The standard InChI is InChI=1S/C25H28FN7O4S2/c1-16-22(27)25(15-37-16)8-11-33(12-9-25)19-13-30-20(14-29-19)38-18-7-10-28-23(21(18)26)31-24(34)32-39(35,36)17-5-3-2-4-6-17/h2-7,10,13-14,16,22H,8-9,11-12,15,27H2,1H3,(H2,28,31,32,34)/t16-,22+/m0/s1. The average molecular weight is 574 g/mol. The number of piperidine rings is 1. The monoisotopic (exact) mass is 573 g/mol. The maximum absolute atomic E-state index is 15.1. The number of nitrogens with one attached hydrogen (secondary N) is 2. The van der Waals surface area contributed by atoms with Gasteiger partial charge in [0.1, 0.15) is 10.8 Å². The first-order chi connectivity index (χ1) is 18.7. The van der Waals surface area contributed by atoms with Gasteiger partial charge in [0, 0.05) is 30.7 Å². The number of urea groups is 1. The number of ether oxygens (including phenoxy) is 1. The predicted molar refractivity (Wildman–Crippen MR) is 143 cm³/mol. The lowest BCUT2D eigenvalue weighted by atomic mass is 9.73. The SMILES string of the molecule is C[C@@H]1OCC2(CCN(c3cnc(Sc4ccnc(NC(=O)NS(=O)(=O)c5ccccc5)c4F)cn3)CC2)[C@@H]1N. The molecule has 0 aliphatic carbocycles. The molecular weight excluding hydrogens is 545 g/mol. The van der Waals surface area contributed by atoms with Gasteiger partial charge in [-0.1, -0.05) is 30.0 Å². The van der Waals surface area contributed by atoms with Crippen LogP contribution in [0.3, 0.4) is 0 Å². The second kappa shape index (κ2) is 11.0. The Morgan fingerprint density at radius 2 is 1.90 bits per heavy atom. The first kappa shape index (κ1) is 27.2. The Balaban J connectivity index is 1.20. The van der Waals surface area contributed by atoms with Crippen LogP contribution in [0.25, 0.3) is 0 Å². The van der Waals surface area contributed by atoms with Gasteiger partial charge >= 0.3 is 6.03 Å². The van der Waals surface area contributed by atoms with E-state index in [1.807, 2.05) is 11.6 Å². The largest absolute Gasteiger partial charge is 0.376 e. The topological polar surface area (TPSA) is 152 Å². The van der Waals surface area contributed by atoms with Crippen LogP contribution in [0, 0.1) is 11.2 Å². The minimum Gasteiger partial charge on any atom is -0.376 e. The van der Waals surface area contributed by atoms with Gasteiger partial charge < -0.3 is 15.4 Å². The summed E-state index contributed by atoms with van der Waals surface area (Å²) >= 11 is 1.01. The maximum atomic E-state index is 15.1. The van der Waals surface area contributed by atoms with Gasteiger partial charge in [-0.15, -0.1) is 0 Å². The van der Waals surface area contributed by atoms with E-state index >= 15 is 4.39 Å². The van der Waals surface area contributed by atoms with Crippen LogP contribution >= 0.6 is 11.8 Å². The highest BCUT2D eigenvalue weighted by molar-refractivity contribution is 7.99. The van der Waals surface area contributed by atoms with Crippen molar-refractivity contribution in [3.63, 3.8) is 0 Å². The second-order valence-electron chi connectivity index (χ2n) is 9.55. The first-order valence-electron chi connectivity index (χ1n) is 12.3. The van der Waals surface area contributed by atoms with E-state index in [0.717, 1.165) is 43.5 Å². The zero-order valence-electron chi connectivity index (χ0n) is 21.1. The Kier molecular flexibility index (Phi) is 7.71. The molecule has 2 fully saturated rings. The van der Waals surface area contributed by atoms with E-state index in [4.69, 9.17) is 10.5 Å². The molecule has 0 bridgehead atoms. The second-order valence-corrected chi connectivity index (χ2v) is 12.3. The molecule has 11 nitrogen and oxygen atoms in total. The van der Waals surface area contributed by atoms with Crippen molar-refractivity contribution >= 4 is 39.5 Å². The highest BCUT2D eigenvalue weighted by atomic mass is 32.2. The van der Waals surface area contributed by atoms with Crippen molar-refractivity contribution in [2.24, 2.45) is 11.1 Å². The Labute approximate surface area is 229 Å². The highest BCUT2D eigenvalue weighted by Crippen LogP contribution is 2.41. The van der Waals surface area contributed by atoms with Crippen LogP contribution in [-0.2, 0) is 14.8 Å². The van der Waals surface area contributed by atoms with Gasteiger partial charge in [-0.25, -0.2) is 37.3 Å². The Bertz CT molecular complexity index is 1440. The molecular formula is C25H28FN7O4S2. The zero-order valence-corrected chi connectivity index (χ0v) is 22.7. The summed E-state index contributed by atoms with van der Waals surface area (Å²) in [4.78, 5) is 27.2. The molecule has 3 aromatic rings. The number of carbonyl (C=O) groups excluding carboxylic acids is 1. The summed E-state index contributed by atoms with van der Waals surface area (Å²) in [5.74, 6) is -0.522. The van der Waals surface area contributed by atoms with Gasteiger partial charge in [-0.05, 0) is 38.0 Å². The molecule has 2 saturated heterocycles. The number of anilines is 2. The number of sulfonamides is 1. The number of aromatic nitrogens is 3. The van der Waals surface area contributed by atoms with E-state index in [1.54, 1.807) is 18.5 Å². The average Bonchev–Trinajstić information content (AvgIpc) is 3.20. The molecule has 2 atom stereocenters. The summed E-state index contributed by atoms with van der Waals surface area (Å²) in [7, 11) is -4.13. The number of amides is 2. The minimum atomic E-state index is -4.13. The Morgan fingerprint density at radius 3 is 2.54 bits per heavy atom. The van der Waals surface area contributed by atoms with Crippen molar-refractivity contribution in [2.75, 3.05) is 29.9 Å². The highest BCUT2D eigenvalue weighted by Gasteiger charge is 2.47. The molecule has 0 radical (unpaired) electrons. The molecule has 206 valence electrons. The normalized spacial score (nSPS) is 20.6. The van der Waals surface area contributed by atoms with Crippen LogP contribution in [0.1, 0.15) is 19.8 Å². The number of nitrogens with two attached hydrogens (primary N) is 1. The number of benzene rings is 1. The van der Waals surface area contributed by atoms with Crippen LogP contribution in [0.2, 0.25) is 0 Å². The summed E-state index contributed by atoms with van der Waals surface area (Å²) in [5, 5.41) is 2.60. The van der Waals surface area contributed by atoms with Gasteiger partial charge in [-0.2, -0.15) is 0 Å². The lowest BCUT2D eigenvalue weighted by Crippen LogP contribution is -2.50. The molecule has 2 aromatic heterocycles. The number of carbonyl (C=O) groups is 1. The number of hydrogen-bond donors (Lipinski definition) is 3. The minimum absolute atomic E-state index is 0.00634. The molecule has 39 heavy (non-hydrogen) atoms. The van der Waals surface area contributed by atoms with Crippen LogP contribution < -0.4 is 20.7 Å². The molecule has 5 rings (SSSR count). The molecule has 0 saturated carbocycles. The van der Waals surface area contributed by atoms with E-state index in [9.17, 15) is 13.2 Å². The third kappa shape index (κ3) is 5.83. The summed E-state index contributed by atoms with van der Waals surface area (Å²) in [6, 6.07) is 7.67. The third-order valence-electron chi connectivity index (χ3n) is 7.13. The van der Waals surface area contributed by atoms with Crippen LogP contribution in [0.5, 0.6) is 0 Å². The fraction of sp³-hybridized carbons (Fsp3) is 0.360. The fourth-order valence-corrected chi connectivity index (χ4v) is 6.48. The lowest BCUT2D eigenvalue weighted by molar-refractivity contribution is 0.0974. The number of pyridine rings is 1. The van der Waals surface area contributed by atoms with Crippen molar-refractivity contribution in [1.82, 2.24) is 19.7 Å². The third-order valence-corrected chi connectivity index (χ3v) is 9.43.